The molecule has 0 radical (unpaired) electrons. The molecular formula is C20H23N3O2. The van der Waals surface area contributed by atoms with Crippen molar-refractivity contribution in [3.8, 4) is 0 Å². The zero-order chi connectivity index (χ0) is 18.0. The van der Waals surface area contributed by atoms with Gasteiger partial charge in [0.1, 0.15) is 5.69 Å². The Morgan fingerprint density at radius 2 is 1.84 bits per heavy atom. The first-order valence-corrected chi connectivity index (χ1v) is 8.48. The number of amides is 2. The van der Waals surface area contributed by atoms with Crippen molar-refractivity contribution in [2.24, 2.45) is 0 Å². The van der Waals surface area contributed by atoms with Gasteiger partial charge in [-0.05, 0) is 50.5 Å². The van der Waals surface area contributed by atoms with E-state index in [-0.39, 0.29) is 23.0 Å². The molecule has 1 aromatic carbocycles. The second kappa shape index (κ2) is 6.67. The minimum atomic E-state index is -0.352. The average Bonchev–Trinajstić information content (AvgIpc) is 2.59. The maximum Gasteiger partial charge on any atom is 0.270 e. The highest BCUT2D eigenvalue weighted by Gasteiger charge is 2.23. The van der Waals surface area contributed by atoms with Gasteiger partial charge in [-0.1, -0.05) is 24.3 Å². The molecule has 1 aliphatic heterocycles. The Morgan fingerprint density at radius 3 is 2.56 bits per heavy atom. The largest absolute Gasteiger partial charge is 0.346 e. The number of hydrogen-bond donors (Lipinski definition) is 1. The molecule has 0 saturated carbocycles. The van der Waals surface area contributed by atoms with Crippen LogP contribution in [-0.2, 0) is 13.0 Å². The topological polar surface area (TPSA) is 62.3 Å². The summed E-state index contributed by atoms with van der Waals surface area (Å²) in [5.74, 6) is -0.340. The van der Waals surface area contributed by atoms with E-state index in [9.17, 15) is 9.59 Å². The fourth-order valence-electron chi connectivity index (χ4n) is 2.94. The first-order chi connectivity index (χ1) is 11.8. The van der Waals surface area contributed by atoms with Crippen LogP contribution in [0.15, 0.2) is 42.6 Å². The Labute approximate surface area is 148 Å². The number of benzene rings is 1. The van der Waals surface area contributed by atoms with Gasteiger partial charge in [0.25, 0.3) is 11.8 Å². The third-order valence-electron chi connectivity index (χ3n) is 4.15. The van der Waals surface area contributed by atoms with E-state index < -0.39 is 0 Å². The second-order valence-corrected chi connectivity index (χ2v) is 7.38. The number of nitrogens with one attached hydrogen (secondary N) is 1. The van der Waals surface area contributed by atoms with E-state index in [4.69, 9.17) is 0 Å². The van der Waals surface area contributed by atoms with Crippen LogP contribution < -0.4 is 5.32 Å². The number of pyridine rings is 1. The lowest BCUT2D eigenvalue weighted by Gasteiger charge is -2.29. The summed E-state index contributed by atoms with van der Waals surface area (Å²) in [5, 5.41) is 2.87. The highest BCUT2D eigenvalue weighted by Crippen LogP contribution is 2.20. The van der Waals surface area contributed by atoms with Crippen LogP contribution in [0.3, 0.4) is 0 Å². The molecule has 0 saturated heterocycles. The summed E-state index contributed by atoms with van der Waals surface area (Å²) in [6.45, 7) is 7.00. The van der Waals surface area contributed by atoms with Gasteiger partial charge in [-0.15, -0.1) is 0 Å². The van der Waals surface area contributed by atoms with Crippen LogP contribution in [0, 0.1) is 0 Å². The quantitative estimate of drug-likeness (QED) is 0.916. The molecule has 1 aromatic heterocycles. The molecule has 0 unspecified atom stereocenters. The van der Waals surface area contributed by atoms with E-state index in [0.717, 1.165) is 6.42 Å². The molecule has 5 nitrogen and oxygen atoms in total. The van der Waals surface area contributed by atoms with Crippen LogP contribution in [0.5, 0.6) is 0 Å². The van der Waals surface area contributed by atoms with Crippen LogP contribution in [0.2, 0.25) is 0 Å². The van der Waals surface area contributed by atoms with Crippen molar-refractivity contribution in [2.45, 2.75) is 39.3 Å². The minimum absolute atomic E-state index is 0.0679. The van der Waals surface area contributed by atoms with Crippen LogP contribution >= 0.6 is 0 Å². The highest BCUT2D eigenvalue weighted by atomic mass is 16.2. The number of hydrogen-bond acceptors (Lipinski definition) is 3. The molecule has 0 atom stereocenters. The molecule has 2 aromatic rings. The van der Waals surface area contributed by atoms with Crippen molar-refractivity contribution < 1.29 is 9.59 Å². The fourth-order valence-corrected chi connectivity index (χ4v) is 2.94. The summed E-state index contributed by atoms with van der Waals surface area (Å²) in [6, 6.07) is 11.4. The number of rotatable bonds is 2. The van der Waals surface area contributed by atoms with Crippen molar-refractivity contribution in [3.05, 3.63) is 65.0 Å². The SMILES string of the molecule is CC(C)(C)NC(=O)c1cc(C(=O)N2CCc3ccccc3C2)ccn1. The molecule has 1 N–H and O–H groups in total. The summed E-state index contributed by atoms with van der Waals surface area (Å²) >= 11 is 0. The number of fused-ring (bicyclic) bond motifs is 1. The maximum atomic E-state index is 12.8. The fraction of sp³-hybridized carbons (Fsp3) is 0.350. The molecule has 3 rings (SSSR count). The van der Waals surface area contributed by atoms with Crippen molar-refractivity contribution in [3.63, 3.8) is 0 Å². The number of carbonyl (C=O) groups excluding carboxylic acids is 2. The van der Waals surface area contributed by atoms with Gasteiger partial charge < -0.3 is 10.2 Å². The third-order valence-corrected chi connectivity index (χ3v) is 4.15. The molecule has 2 heterocycles. The highest BCUT2D eigenvalue weighted by molar-refractivity contribution is 5.98. The maximum absolute atomic E-state index is 12.8. The summed E-state index contributed by atoms with van der Waals surface area (Å²) in [7, 11) is 0. The van der Waals surface area contributed by atoms with E-state index in [1.165, 1.54) is 17.3 Å². The lowest BCUT2D eigenvalue weighted by atomic mass is 9.99. The molecule has 0 fully saturated rings. The van der Waals surface area contributed by atoms with Crippen LogP contribution in [0.4, 0.5) is 0 Å². The first kappa shape index (κ1) is 17.1. The Morgan fingerprint density at radius 1 is 1.12 bits per heavy atom. The normalized spacial score (nSPS) is 14.0. The first-order valence-electron chi connectivity index (χ1n) is 8.48. The summed E-state index contributed by atoms with van der Waals surface area (Å²) < 4.78 is 0. The van der Waals surface area contributed by atoms with E-state index in [1.807, 2.05) is 37.8 Å². The molecular weight excluding hydrogens is 314 g/mol. The van der Waals surface area contributed by atoms with Gasteiger partial charge in [-0.3, -0.25) is 14.6 Å². The van der Waals surface area contributed by atoms with E-state index in [2.05, 4.69) is 22.4 Å². The molecule has 5 heteroatoms. The number of nitrogens with zero attached hydrogens (tertiary/aromatic N) is 2. The minimum Gasteiger partial charge on any atom is -0.346 e. The van der Waals surface area contributed by atoms with Gasteiger partial charge in [0.15, 0.2) is 0 Å². The van der Waals surface area contributed by atoms with Gasteiger partial charge in [-0.2, -0.15) is 0 Å². The Bertz CT molecular complexity index is 809. The van der Waals surface area contributed by atoms with E-state index in [0.29, 0.717) is 18.7 Å². The number of carbonyl (C=O) groups is 2. The van der Waals surface area contributed by atoms with E-state index in [1.54, 1.807) is 12.1 Å². The van der Waals surface area contributed by atoms with Crippen LogP contribution in [0.1, 0.15) is 52.7 Å². The predicted octanol–water partition coefficient (Wildman–Crippen LogP) is 2.81. The Balaban J connectivity index is 1.77. The monoisotopic (exact) mass is 337 g/mol. The van der Waals surface area contributed by atoms with Crippen molar-refractivity contribution >= 4 is 11.8 Å². The average molecular weight is 337 g/mol. The zero-order valence-corrected chi connectivity index (χ0v) is 14.9. The summed E-state index contributed by atoms with van der Waals surface area (Å²) in [4.78, 5) is 31.0. The molecule has 0 bridgehead atoms. The standard InChI is InChI=1S/C20H23N3O2/c1-20(2,3)22-18(24)17-12-15(8-10-21-17)19(25)23-11-9-14-6-4-5-7-16(14)13-23/h4-8,10,12H,9,11,13H2,1-3H3,(H,22,24). The Hall–Kier alpha value is -2.69. The van der Waals surface area contributed by atoms with E-state index >= 15 is 0 Å². The summed E-state index contributed by atoms with van der Waals surface area (Å²) in [6.07, 6.45) is 2.37. The van der Waals surface area contributed by atoms with Crippen molar-refractivity contribution in [1.82, 2.24) is 15.2 Å². The van der Waals surface area contributed by atoms with Gasteiger partial charge in [0.05, 0.1) is 0 Å². The molecule has 0 spiro atoms. The van der Waals surface area contributed by atoms with Gasteiger partial charge in [0, 0.05) is 30.4 Å². The predicted molar refractivity (Wildman–Crippen MR) is 96.3 cm³/mol. The van der Waals surface area contributed by atoms with Gasteiger partial charge in [0.2, 0.25) is 0 Å². The van der Waals surface area contributed by atoms with Crippen molar-refractivity contribution in [1.29, 1.82) is 0 Å². The molecule has 2 amide bonds. The van der Waals surface area contributed by atoms with Gasteiger partial charge >= 0.3 is 0 Å². The van der Waals surface area contributed by atoms with Crippen molar-refractivity contribution in [2.75, 3.05) is 6.54 Å². The zero-order valence-electron chi connectivity index (χ0n) is 14.9. The molecule has 1 aliphatic rings. The Kier molecular flexibility index (Phi) is 4.57. The second-order valence-electron chi connectivity index (χ2n) is 7.38. The smallest absolute Gasteiger partial charge is 0.270 e. The van der Waals surface area contributed by atoms with Gasteiger partial charge in [-0.25, -0.2) is 0 Å². The summed E-state index contributed by atoms with van der Waals surface area (Å²) in [5.41, 5.74) is 2.88. The third kappa shape index (κ3) is 4.05. The van der Waals surface area contributed by atoms with Crippen LogP contribution in [-0.4, -0.2) is 33.8 Å². The molecule has 0 aliphatic carbocycles. The molecule has 25 heavy (non-hydrogen) atoms. The number of aromatic nitrogens is 1. The molecule has 130 valence electrons. The lowest BCUT2D eigenvalue weighted by Crippen LogP contribution is -2.41. The lowest BCUT2D eigenvalue weighted by molar-refractivity contribution is 0.0734. The van der Waals surface area contributed by atoms with Crippen LogP contribution in [0.25, 0.3) is 0 Å².